The molecule has 8 rings (SSSR count). The predicted molar refractivity (Wildman–Crippen MR) is 283 cm³/mol. The second-order valence-electron chi connectivity index (χ2n) is 21.9. The highest BCUT2D eigenvalue weighted by Crippen LogP contribution is 2.44. The minimum atomic E-state index is -0.532. The van der Waals surface area contributed by atoms with Crippen LogP contribution in [0.1, 0.15) is 160 Å². The Morgan fingerprint density at radius 2 is 0.690 bits per heavy atom. The molecule has 1 N–H and O–H groups in total. The lowest BCUT2D eigenvalue weighted by Gasteiger charge is -2.28. The summed E-state index contributed by atoms with van der Waals surface area (Å²) in [4.78, 5) is 43.1. The molecule has 1 aliphatic rings. The van der Waals surface area contributed by atoms with Gasteiger partial charge in [0, 0.05) is 59.1 Å². The lowest BCUT2D eigenvalue weighted by Crippen LogP contribution is -2.19. The Hall–Kier alpha value is -7.51. The predicted octanol–water partition coefficient (Wildman–Crippen LogP) is 14.3. The van der Waals surface area contributed by atoms with Gasteiger partial charge in [0.15, 0.2) is 0 Å². The zero-order valence-corrected chi connectivity index (χ0v) is 42.5. The third-order valence-corrected chi connectivity index (χ3v) is 13.2. The van der Waals surface area contributed by atoms with Gasteiger partial charge in [0.05, 0.1) is 16.7 Å². The first-order chi connectivity index (χ1) is 33.7. The van der Waals surface area contributed by atoms with Crippen LogP contribution in [0.4, 0.5) is 0 Å². The maximum absolute atomic E-state index is 14.5. The first-order valence-corrected chi connectivity index (χ1v) is 24.4. The molecule has 7 aromatic carbocycles. The maximum atomic E-state index is 14.5. The lowest BCUT2D eigenvalue weighted by molar-refractivity contribution is 0.0722. The minimum Gasteiger partial charge on any atom is -0.507 e. The van der Waals surface area contributed by atoms with E-state index in [1.54, 1.807) is 72.8 Å². The number of ether oxygens (including phenoxy) is 3. The highest BCUT2D eigenvalue weighted by molar-refractivity contribution is 5.93. The molecule has 8 bridgehead atoms. The Labute approximate surface area is 419 Å². The van der Waals surface area contributed by atoms with E-state index in [1.807, 2.05) is 36.4 Å². The van der Waals surface area contributed by atoms with Gasteiger partial charge in [-0.25, -0.2) is 14.4 Å². The Bertz CT molecular complexity index is 2970. The smallest absolute Gasteiger partial charge is 0.343 e. The van der Waals surface area contributed by atoms with Crippen LogP contribution in [-0.4, -0.2) is 23.0 Å². The summed E-state index contributed by atoms with van der Waals surface area (Å²) in [5.74, 6) is -0.397. The van der Waals surface area contributed by atoms with Crippen molar-refractivity contribution >= 4 is 17.9 Å². The fourth-order valence-corrected chi connectivity index (χ4v) is 9.13. The molecule has 0 unspecified atom stereocenters. The van der Waals surface area contributed by atoms with E-state index in [0.29, 0.717) is 84.9 Å². The van der Waals surface area contributed by atoms with Gasteiger partial charge in [0.25, 0.3) is 0 Å². The second kappa shape index (κ2) is 20.1. The van der Waals surface area contributed by atoms with Gasteiger partial charge >= 0.3 is 17.9 Å². The second-order valence-corrected chi connectivity index (χ2v) is 21.9. The number of hydrogen-bond acceptors (Lipinski definition) is 7. The average molecular weight is 945 g/mol. The van der Waals surface area contributed by atoms with Crippen LogP contribution in [0.15, 0.2) is 152 Å². The van der Waals surface area contributed by atoms with Gasteiger partial charge < -0.3 is 19.3 Å². The first-order valence-electron chi connectivity index (χ1n) is 24.4. The summed E-state index contributed by atoms with van der Waals surface area (Å²) < 4.78 is 19.9. The van der Waals surface area contributed by atoms with E-state index in [0.717, 1.165) is 22.3 Å². The van der Waals surface area contributed by atoms with Crippen LogP contribution in [0.2, 0.25) is 0 Å². The SMILES string of the molecule is C=CCc1cc2c(O)c(c1)Cc1cc(C(C)(C)C)cc(c1OC(=O)c1ccccc1)Cc1cc(C(C)(C)C)cc(c1OC(=O)c1ccccc1)Cc1cc(C(C)(C)C)cc(c1OC(=O)c1ccccc1)C2. The van der Waals surface area contributed by atoms with Gasteiger partial charge in [-0.2, -0.15) is 0 Å². The molecule has 0 fully saturated rings. The van der Waals surface area contributed by atoms with Crippen molar-refractivity contribution in [2.24, 2.45) is 0 Å². The van der Waals surface area contributed by atoms with Crippen LogP contribution in [-0.2, 0) is 48.3 Å². The van der Waals surface area contributed by atoms with E-state index < -0.39 is 17.9 Å². The number of benzene rings is 7. The standard InChI is InChI=1S/C64H64O7/c1-11-21-40-28-44-30-46-34-52(62(2,3)4)36-48(56(46)69-59(66)41-22-15-12-16-23-41)32-50-38-54(64(8,9)10)39-51(58(50)71-61(68)43-26-19-14-20-27-43)33-49-37-53(63(5,6)7)35-47(31-45(29-40)55(44)65)57(49)70-60(67)42-24-17-13-18-25-42/h11-20,22-29,34-39,65H,1,21,30-33H2,2-10H3. The molecular formula is C64H64O7. The summed E-state index contributed by atoms with van der Waals surface area (Å²) in [5.41, 5.74) is 9.45. The van der Waals surface area contributed by atoms with Crippen molar-refractivity contribution in [3.63, 3.8) is 0 Å². The topological polar surface area (TPSA) is 99.1 Å². The molecule has 0 atom stereocenters. The molecule has 0 aliphatic heterocycles. The molecule has 1 aliphatic carbocycles. The van der Waals surface area contributed by atoms with Crippen molar-refractivity contribution < 1.29 is 33.7 Å². The van der Waals surface area contributed by atoms with Gasteiger partial charge in [-0.3, -0.25) is 0 Å². The van der Waals surface area contributed by atoms with E-state index in [-0.39, 0.29) is 47.7 Å². The van der Waals surface area contributed by atoms with E-state index in [2.05, 4.69) is 105 Å². The number of fused-ring (bicyclic) bond motifs is 8. The molecule has 0 saturated heterocycles. The monoisotopic (exact) mass is 944 g/mol. The van der Waals surface area contributed by atoms with Gasteiger partial charge in [0.1, 0.15) is 23.0 Å². The normalized spacial score (nSPS) is 12.7. The number of carbonyl (C=O) groups excluding carboxylic acids is 3. The van der Waals surface area contributed by atoms with Crippen molar-refractivity contribution in [2.45, 2.75) is 111 Å². The Kier molecular flexibility index (Phi) is 14.1. The molecule has 362 valence electrons. The van der Waals surface area contributed by atoms with Gasteiger partial charge in [0.2, 0.25) is 0 Å². The Balaban J connectivity index is 1.49. The molecule has 7 aromatic rings. The first kappa shape index (κ1) is 49.9. The van der Waals surface area contributed by atoms with Crippen molar-refractivity contribution in [1.82, 2.24) is 0 Å². The number of esters is 3. The number of hydrogen-bond donors (Lipinski definition) is 1. The van der Waals surface area contributed by atoms with Crippen LogP contribution in [0.5, 0.6) is 23.0 Å². The van der Waals surface area contributed by atoms with E-state index >= 15 is 0 Å². The summed E-state index contributed by atoms with van der Waals surface area (Å²) in [6.07, 6.45) is 3.15. The molecule has 71 heavy (non-hydrogen) atoms. The van der Waals surface area contributed by atoms with Crippen LogP contribution < -0.4 is 14.2 Å². The lowest BCUT2D eigenvalue weighted by atomic mass is 9.80. The van der Waals surface area contributed by atoms with E-state index in [1.165, 1.54) is 0 Å². The van der Waals surface area contributed by atoms with Gasteiger partial charge in [-0.1, -0.05) is 172 Å². The summed E-state index contributed by atoms with van der Waals surface area (Å²) >= 11 is 0. The van der Waals surface area contributed by atoms with E-state index in [4.69, 9.17) is 14.2 Å². The molecule has 0 spiro atoms. The largest absolute Gasteiger partial charge is 0.507 e. The summed E-state index contributed by atoms with van der Waals surface area (Å²) in [5, 5.41) is 12.6. The highest BCUT2D eigenvalue weighted by Gasteiger charge is 2.30. The molecule has 0 saturated carbocycles. The van der Waals surface area contributed by atoms with Crippen LogP contribution in [0, 0.1) is 0 Å². The van der Waals surface area contributed by atoms with Crippen LogP contribution >= 0.6 is 0 Å². The average Bonchev–Trinajstić information content (AvgIpc) is 3.32. The quantitative estimate of drug-likeness (QED) is 0.0920. The molecule has 7 nitrogen and oxygen atoms in total. The number of carbonyl (C=O) groups is 3. The van der Waals surface area contributed by atoms with Crippen LogP contribution in [0.3, 0.4) is 0 Å². The number of phenolic OH excluding ortho intramolecular Hbond substituents is 1. The Morgan fingerprint density at radius 3 is 0.930 bits per heavy atom. The molecular weight excluding hydrogens is 881 g/mol. The minimum absolute atomic E-state index is 0.0890. The third-order valence-electron chi connectivity index (χ3n) is 13.2. The van der Waals surface area contributed by atoms with E-state index in [9.17, 15) is 19.5 Å². The van der Waals surface area contributed by atoms with Crippen molar-refractivity contribution in [3.8, 4) is 23.0 Å². The summed E-state index contributed by atoms with van der Waals surface area (Å²) in [6.45, 7) is 23.4. The zero-order valence-electron chi connectivity index (χ0n) is 42.5. The summed E-state index contributed by atoms with van der Waals surface area (Å²) in [6, 6.07) is 43.2. The Morgan fingerprint density at radius 1 is 0.437 bits per heavy atom. The molecule has 0 radical (unpaired) electrons. The third kappa shape index (κ3) is 11.4. The maximum Gasteiger partial charge on any atom is 0.343 e. The number of aromatic hydroxyl groups is 1. The summed E-state index contributed by atoms with van der Waals surface area (Å²) in [7, 11) is 0. The molecule has 0 aromatic heterocycles. The van der Waals surface area contributed by atoms with Gasteiger partial charge in [-0.05, 0) is 92.4 Å². The van der Waals surface area contributed by atoms with Gasteiger partial charge in [-0.15, -0.1) is 6.58 Å². The zero-order chi connectivity index (χ0) is 50.8. The number of phenols is 1. The molecule has 0 heterocycles. The van der Waals surface area contributed by atoms with Crippen molar-refractivity contribution in [3.05, 3.63) is 236 Å². The van der Waals surface area contributed by atoms with Crippen LogP contribution in [0.25, 0.3) is 0 Å². The number of allylic oxidation sites excluding steroid dienone is 1. The van der Waals surface area contributed by atoms with Crippen molar-refractivity contribution in [1.29, 1.82) is 0 Å². The molecule has 0 amide bonds. The fourth-order valence-electron chi connectivity index (χ4n) is 9.13. The number of rotatable bonds is 8. The fraction of sp³-hybridized carbons (Fsp3) is 0.266. The molecule has 7 heteroatoms. The highest BCUT2D eigenvalue weighted by atomic mass is 16.5. The van der Waals surface area contributed by atoms with Crippen molar-refractivity contribution in [2.75, 3.05) is 0 Å².